The van der Waals surface area contributed by atoms with Gasteiger partial charge in [0.15, 0.2) is 0 Å². The Labute approximate surface area is 62.8 Å². The van der Waals surface area contributed by atoms with E-state index >= 15 is 0 Å². The second-order valence-corrected chi connectivity index (χ2v) is 3.95. The molecule has 1 nitrogen and oxygen atoms in total. The maximum absolute atomic E-state index is 5.41. The average molecular weight is 140 g/mol. The smallest absolute Gasteiger partial charge is 0.0632 e. The standard InChI is InChI=1S/C9H16O/c1-7-6-8(10-2)9(7)4-3-5-9/h7-8H,3-6H2,1-2H3. The molecule has 0 heterocycles. The lowest BCUT2D eigenvalue weighted by atomic mass is 9.48. The van der Waals surface area contributed by atoms with Crippen molar-refractivity contribution in [2.24, 2.45) is 11.3 Å². The first-order valence-electron chi connectivity index (χ1n) is 4.32. The van der Waals surface area contributed by atoms with E-state index < -0.39 is 0 Å². The predicted octanol–water partition coefficient (Wildman–Crippen LogP) is 2.21. The lowest BCUT2D eigenvalue weighted by Gasteiger charge is -2.60. The number of hydrogen-bond donors (Lipinski definition) is 0. The van der Waals surface area contributed by atoms with Gasteiger partial charge in [-0.15, -0.1) is 0 Å². The average Bonchev–Trinajstić information content (AvgIpc) is 1.78. The zero-order valence-corrected chi connectivity index (χ0v) is 6.89. The van der Waals surface area contributed by atoms with E-state index in [9.17, 15) is 0 Å². The summed E-state index contributed by atoms with van der Waals surface area (Å²) in [5.74, 6) is 0.936. The summed E-state index contributed by atoms with van der Waals surface area (Å²) in [4.78, 5) is 0. The quantitative estimate of drug-likeness (QED) is 0.542. The maximum Gasteiger partial charge on any atom is 0.0632 e. The second kappa shape index (κ2) is 1.97. The van der Waals surface area contributed by atoms with Gasteiger partial charge in [0.05, 0.1) is 6.10 Å². The van der Waals surface area contributed by atoms with E-state index in [2.05, 4.69) is 6.92 Å². The molecule has 2 fully saturated rings. The Morgan fingerprint density at radius 1 is 1.40 bits per heavy atom. The molecule has 2 aliphatic rings. The van der Waals surface area contributed by atoms with Gasteiger partial charge >= 0.3 is 0 Å². The maximum atomic E-state index is 5.41. The SMILES string of the molecule is COC1CC(C)C12CCC2. The summed E-state index contributed by atoms with van der Waals surface area (Å²) in [6.45, 7) is 2.37. The van der Waals surface area contributed by atoms with Crippen LogP contribution in [-0.2, 0) is 4.74 Å². The Balaban J connectivity index is 2.03. The summed E-state index contributed by atoms with van der Waals surface area (Å²) in [5, 5.41) is 0. The molecule has 2 rings (SSSR count). The molecule has 2 unspecified atom stereocenters. The molecule has 1 spiro atoms. The van der Waals surface area contributed by atoms with E-state index in [-0.39, 0.29) is 0 Å². The van der Waals surface area contributed by atoms with E-state index in [1.54, 1.807) is 0 Å². The fourth-order valence-electron chi connectivity index (χ4n) is 2.68. The monoisotopic (exact) mass is 140 g/mol. The van der Waals surface area contributed by atoms with Gasteiger partial charge in [-0.05, 0) is 30.6 Å². The number of methoxy groups -OCH3 is 1. The van der Waals surface area contributed by atoms with Crippen molar-refractivity contribution in [1.29, 1.82) is 0 Å². The second-order valence-electron chi connectivity index (χ2n) is 3.95. The van der Waals surface area contributed by atoms with Crippen LogP contribution < -0.4 is 0 Å². The Bertz CT molecular complexity index is 138. The first kappa shape index (κ1) is 6.66. The largest absolute Gasteiger partial charge is 0.381 e. The van der Waals surface area contributed by atoms with Crippen LogP contribution in [0.2, 0.25) is 0 Å². The van der Waals surface area contributed by atoms with Crippen LogP contribution in [-0.4, -0.2) is 13.2 Å². The summed E-state index contributed by atoms with van der Waals surface area (Å²) in [6, 6.07) is 0. The van der Waals surface area contributed by atoms with E-state index in [1.807, 2.05) is 7.11 Å². The van der Waals surface area contributed by atoms with Gasteiger partial charge in [0.1, 0.15) is 0 Å². The van der Waals surface area contributed by atoms with Gasteiger partial charge in [-0.2, -0.15) is 0 Å². The van der Waals surface area contributed by atoms with Crippen LogP contribution in [0.25, 0.3) is 0 Å². The topological polar surface area (TPSA) is 9.23 Å². The van der Waals surface area contributed by atoms with Crippen molar-refractivity contribution in [2.75, 3.05) is 7.11 Å². The molecule has 0 radical (unpaired) electrons. The first-order chi connectivity index (χ1) is 4.79. The van der Waals surface area contributed by atoms with Crippen molar-refractivity contribution in [3.05, 3.63) is 0 Å². The van der Waals surface area contributed by atoms with E-state index in [0.29, 0.717) is 11.5 Å². The number of rotatable bonds is 1. The van der Waals surface area contributed by atoms with Crippen molar-refractivity contribution < 1.29 is 4.74 Å². The van der Waals surface area contributed by atoms with Crippen LogP contribution in [0.5, 0.6) is 0 Å². The van der Waals surface area contributed by atoms with E-state index in [4.69, 9.17) is 4.74 Å². The molecule has 0 aromatic heterocycles. The molecule has 0 bridgehead atoms. The van der Waals surface area contributed by atoms with Gasteiger partial charge < -0.3 is 4.74 Å². The zero-order valence-electron chi connectivity index (χ0n) is 6.89. The lowest BCUT2D eigenvalue weighted by molar-refractivity contribution is -0.178. The van der Waals surface area contributed by atoms with Crippen LogP contribution in [0.4, 0.5) is 0 Å². The molecule has 0 aromatic carbocycles. The van der Waals surface area contributed by atoms with Gasteiger partial charge in [-0.25, -0.2) is 0 Å². The van der Waals surface area contributed by atoms with Crippen LogP contribution in [0.15, 0.2) is 0 Å². The van der Waals surface area contributed by atoms with Gasteiger partial charge in [-0.1, -0.05) is 13.3 Å². The van der Waals surface area contributed by atoms with E-state index in [1.165, 1.54) is 25.7 Å². The highest BCUT2D eigenvalue weighted by molar-refractivity contribution is 5.06. The molecular weight excluding hydrogens is 124 g/mol. The van der Waals surface area contributed by atoms with Gasteiger partial charge in [0.25, 0.3) is 0 Å². The number of ether oxygens (including phenoxy) is 1. The fourth-order valence-corrected chi connectivity index (χ4v) is 2.68. The molecule has 2 atom stereocenters. The summed E-state index contributed by atoms with van der Waals surface area (Å²) in [7, 11) is 1.86. The predicted molar refractivity (Wildman–Crippen MR) is 40.9 cm³/mol. The molecule has 10 heavy (non-hydrogen) atoms. The third-order valence-electron chi connectivity index (χ3n) is 3.76. The molecule has 58 valence electrons. The molecule has 2 saturated carbocycles. The molecule has 0 aromatic rings. The minimum Gasteiger partial charge on any atom is -0.381 e. The highest BCUT2D eigenvalue weighted by atomic mass is 16.5. The number of hydrogen-bond acceptors (Lipinski definition) is 1. The van der Waals surface area contributed by atoms with Crippen LogP contribution in [0.1, 0.15) is 32.6 Å². The minimum absolute atomic E-state index is 0.608. The molecule has 1 heteroatoms. The van der Waals surface area contributed by atoms with E-state index in [0.717, 1.165) is 5.92 Å². The molecule has 0 N–H and O–H groups in total. The van der Waals surface area contributed by atoms with Crippen LogP contribution >= 0.6 is 0 Å². The highest BCUT2D eigenvalue weighted by Gasteiger charge is 2.56. The summed E-state index contributed by atoms with van der Waals surface area (Å²) >= 11 is 0. The molecule has 0 amide bonds. The molecular formula is C9H16O. The van der Waals surface area contributed by atoms with Crippen LogP contribution in [0, 0.1) is 11.3 Å². The normalized spacial score (nSPS) is 42.6. The lowest BCUT2D eigenvalue weighted by Crippen LogP contribution is -2.56. The summed E-state index contributed by atoms with van der Waals surface area (Å²) in [5.41, 5.74) is 0.648. The summed E-state index contributed by atoms with van der Waals surface area (Å²) in [6.07, 6.45) is 6.19. The van der Waals surface area contributed by atoms with Crippen molar-refractivity contribution >= 4 is 0 Å². The van der Waals surface area contributed by atoms with Crippen molar-refractivity contribution in [2.45, 2.75) is 38.7 Å². The Morgan fingerprint density at radius 3 is 2.30 bits per heavy atom. The van der Waals surface area contributed by atoms with Crippen molar-refractivity contribution in [3.8, 4) is 0 Å². The van der Waals surface area contributed by atoms with Gasteiger partial charge in [-0.3, -0.25) is 0 Å². The van der Waals surface area contributed by atoms with Crippen molar-refractivity contribution in [1.82, 2.24) is 0 Å². The highest BCUT2D eigenvalue weighted by Crippen LogP contribution is 2.60. The zero-order chi connectivity index (χ0) is 7.19. The molecule has 0 aliphatic heterocycles. The minimum atomic E-state index is 0.608. The summed E-state index contributed by atoms with van der Waals surface area (Å²) < 4.78 is 5.41. The van der Waals surface area contributed by atoms with Gasteiger partial charge in [0.2, 0.25) is 0 Å². The van der Waals surface area contributed by atoms with Crippen LogP contribution in [0.3, 0.4) is 0 Å². The fraction of sp³-hybridized carbons (Fsp3) is 1.00. The molecule has 2 aliphatic carbocycles. The Morgan fingerprint density at radius 2 is 2.10 bits per heavy atom. The van der Waals surface area contributed by atoms with Gasteiger partial charge in [0, 0.05) is 7.11 Å². The Hall–Kier alpha value is -0.0400. The van der Waals surface area contributed by atoms with Crippen molar-refractivity contribution in [3.63, 3.8) is 0 Å². The Kier molecular flexibility index (Phi) is 1.31. The third-order valence-corrected chi connectivity index (χ3v) is 3.76. The first-order valence-corrected chi connectivity index (χ1v) is 4.32. The molecule has 0 saturated heterocycles. The third kappa shape index (κ3) is 0.572.